The van der Waals surface area contributed by atoms with Crippen molar-refractivity contribution in [3.05, 3.63) is 63.2 Å². The van der Waals surface area contributed by atoms with Crippen molar-refractivity contribution < 1.29 is 27.7 Å². The van der Waals surface area contributed by atoms with Crippen molar-refractivity contribution in [2.24, 2.45) is 0 Å². The number of carbonyl (C=O) groups excluding carboxylic acids is 2. The van der Waals surface area contributed by atoms with Gasteiger partial charge < -0.3 is 9.64 Å². The molecule has 0 saturated heterocycles. The Morgan fingerprint density at radius 1 is 1.13 bits per heavy atom. The Bertz CT molecular complexity index is 1130. The van der Waals surface area contributed by atoms with E-state index in [4.69, 9.17) is 4.74 Å². The van der Waals surface area contributed by atoms with Gasteiger partial charge in [-0.15, -0.1) is 0 Å². The highest BCUT2D eigenvalue weighted by Gasteiger charge is 2.23. The van der Waals surface area contributed by atoms with Crippen LogP contribution in [0.5, 0.6) is 0 Å². The molecular weight excluding hydrogens is 426 g/mol. The number of hydrogen-bond acceptors (Lipinski definition) is 8. The lowest BCUT2D eigenvalue weighted by Gasteiger charge is -2.14. The Morgan fingerprint density at radius 3 is 2.42 bits per heavy atom. The summed E-state index contributed by atoms with van der Waals surface area (Å²) < 4.78 is 31.7. The average Bonchev–Trinajstić information content (AvgIpc) is 2.71. The average molecular weight is 449 g/mol. The van der Waals surface area contributed by atoms with Gasteiger partial charge in [0, 0.05) is 25.7 Å². The Hall–Kier alpha value is -3.31. The monoisotopic (exact) mass is 449 g/mol. The molecule has 0 aliphatic rings. The number of ketones is 1. The zero-order chi connectivity index (χ0) is 23.3. The molecule has 1 N–H and O–H groups in total. The van der Waals surface area contributed by atoms with Crippen molar-refractivity contribution in [2.75, 3.05) is 32.1 Å². The van der Waals surface area contributed by atoms with E-state index in [0.717, 1.165) is 17.2 Å². The van der Waals surface area contributed by atoms with Crippen LogP contribution in [-0.4, -0.2) is 52.3 Å². The second-order valence-corrected chi connectivity index (χ2v) is 8.80. The summed E-state index contributed by atoms with van der Waals surface area (Å²) in [5.74, 6) is -1.37. The van der Waals surface area contributed by atoms with Crippen LogP contribution in [0.4, 0.5) is 11.4 Å². The van der Waals surface area contributed by atoms with Crippen molar-refractivity contribution in [2.45, 2.75) is 18.7 Å². The zero-order valence-corrected chi connectivity index (χ0v) is 18.4. The predicted molar refractivity (Wildman–Crippen MR) is 114 cm³/mol. The minimum absolute atomic E-state index is 0.230. The van der Waals surface area contributed by atoms with Crippen LogP contribution >= 0.6 is 0 Å². The van der Waals surface area contributed by atoms with Gasteiger partial charge in [-0.1, -0.05) is 17.7 Å². The van der Waals surface area contributed by atoms with Crippen LogP contribution < -0.4 is 9.62 Å². The number of anilines is 1. The Labute approximate surface area is 180 Å². The molecule has 0 spiro atoms. The molecule has 10 nitrogen and oxygen atoms in total. The summed E-state index contributed by atoms with van der Waals surface area (Å²) >= 11 is 0. The number of nitrogens with zero attached hydrogens (tertiary/aromatic N) is 2. The van der Waals surface area contributed by atoms with Crippen molar-refractivity contribution in [1.82, 2.24) is 4.72 Å². The maximum Gasteiger partial charge on any atom is 0.321 e. The SMILES string of the molecule is Cc1ccc(C)c(C(=O)COC(=O)CNS(=O)(=O)c2ccc(N(C)C)c([N+](=O)[O-])c2)c1. The molecule has 0 atom stereocenters. The fraction of sp³-hybridized carbons (Fsp3) is 0.300. The summed E-state index contributed by atoms with van der Waals surface area (Å²) in [6, 6.07) is 8.71. The standard InChI is InChI=1S/C20H23N3O7S/c1-13-5-6-14(2)16(9-13)19(24)12-30-20(25)11-21-31(28,29)15-7-8-17(22(3)4)18(10-15)23(26)27/h5-10,21H,11-12H2,1-4H3. The molecule has 0 saturated carbocycles. The third-order valence-corrected chi connectivity index (χ3v) is 5.80. The van der Waals surface area contributed by atoms with Crippen LogP contribution in [0, 0.1) is 24.0 Å². The van der Waals surface area contributed by atoms with E-state index in [1.807, 2.05) is 17.7 Å². The molecule has 0 aromatic heterocycles. The van der Waals surface area contributed by atoms with Crippen molar-refractivity contribution in [3.8, 4) is 0 Å². The van der Waals surface area contributed by atoms with Crippen LogP contribution in [0.1, 0.15) is 21.5 Å². The van der Waals surface area contributed by atoms with Gasteiger partial charge in [-0.25, -0.2) is 8.42 Å². The Balaban J connectivity index is 2.02. The van der Waals surface area contributed by atoms with Crippen LogP contribution in [0.15, 0.2) is 41.3 Å². The molecule has 0 bridgehead atoms. The lowest BCUT2D eigenvalue weighted by Crippen LogP contribution is -2.31. The minimum atomic E-state index is -4.22. The lowest BCUT2D eigenvalue weighted by atomic mass is 10.0. The first kappa shape index (κ1) is 24.0. The number of ether oxygens (including phenoxy) is 1. The zero-order valence-electron chi connectivity index (χ0n) is 17.5. The fourth-order valence-corrected chi connectivity index (χ4v) is 3.73. The van der Waals surface area contributed by atoms with E-state index < -0.39 is 45.5 Å². The molecule has 0 radical (unpaired) electrons. The number of sulfonamides is 1. The van der Waals surface area contributed by atoms with E-state index in [1.165, 1.54) is 17.0 Å². The Kier molecular flexibility index (Phi) is 7.47. The van der Waals surface area contributed by atoms with Crippen LogP contribution in [0.2, 0.25) is 0 Å². The number of rotatable bonds is 9. The third-order valence-electron chi connectivity index (χ3n) is 4.40. The smallest absolute Gasteiger partial charge is 0.321 e. The number of esters is 1. The Morgan fingerprint density at radius 2 is 1.81 bits per heavy atom. The van der Waals surface area contributed by atoms with Gasteiger partial charge in [-0.3, -0.25) is 19.7 Å². The number of nitrogens with one attached hydrogen (secondary N) is 1. The van der Waals surface area contributed by atoms with Gasteiger partial charge >= 0.3 is 5.97 Å². The number of carbonyl (C=O) groups is 2. The maximum absolute atomic E-state index is 12.4. The third kappa shape index (κ3) is 6.09. The van der Waals surface area contributed by atoms with Gasteiger partial charge in [0.2, 0.25) is 15.8 Å². The lowest BCUT2D eigenvalue weighted by molar-refractivity contribution is -0.384. The maximum atomic E-state index is 12.4. The number of Topliss-reactive ketones (excluding diaryl/α,β-unsaturated/α-hetero) is 1. The molecule has 166 valence electrons. The quantitative estimate of drug-likeness (QED) is 0.266. The first-order valence-corrected chi connectivity index (χ1v) is 10.6. The molecule has 0 amide bonds. The van der Waals surface area contributed by atoms with Gasteiger partial charge in [0.25, 0.3) is 5.69 Å². The normalized spacial score (nSPS) is 11.1. The first-order chi connectivity index (χ1) is 14.4. The number of nitro benzene ring substituents is 1. The molecule has 2 aromatic carbocycles. The van der Waals surface area contributed by atoms with E-state index in [-0.39, 0.29) is 10.6 Å². The van der Waals surface area contributed by atoms with E-state index in [2.05, 4.69) is 0 Å². The minimum Gasteiger partial charge on any atom is -0.456 e. The number of benzene rings is 2. The number of nitro groups is 1. The molecule has 0 fully saturated rings. The van der Waals surface area contributed by atoms with Crippen molar-refractivity contribution >= 4 is 33.2 Å². The second-order valence-electron chi connectivity index (χ2n) is 7.03. The second kappa shape index (κ2) is 9.67. The summed E-state index contributed by atoms with van der Waals surface area (Å²) in [5.41, 5.74) is 1.86. The highest BCUT2D eigenvalue weighted by Crippen LogP contribution is 2.29. The summed E-state index contributed by atoms with van der Waals surface area (Å²) in [5, 5.41) is 11.2. The molecule has 0 unspecified atom stereocenters. The van der Waals surface area contributed by atoms with Gasteiger partial charge in [0.15, 0.2) is 6.61 Å². The molecule has 2 aromatic rings. The van der Waals surface area contributed by atoms with Crippen LogP contribution in [-0.2, 0) is 19.6 Å². The molecule has 2 rings (SSSR count). The fourth-order valence-electron chi connectivity index (χ4n) is 2.74. The van der Waals surface area contributed by atoms with Crippen molar-refractivity contribution in [3.63, 3.8) is 0 Å². The summed E-state index contributed by atoms with van der Waals surface area (Å²) in [6.45, 7) is 2.31. The van der Waals surface area contributed by atoms with Crippen LogP contribution in [0.3, 0.4) is 0 Å². The molecule has 0 aliphatic heterocycles. The number of aryl methyl sites for hydroxylation is 2. The van der Waals surface area contributed by atoms with Gasteiger partial charge in [0.05, 0.1) is 9.82 Å². The largest absolute Gasteiger partial charge is 0.456 e. The molecule has 31 heavy (non-hydrogen) atoms. The topological polar surface area (TPSA) is 136 Å². The highest BCUT2D eigenvalue weighted by molar-refractivity contribution is 7.89. The molecular formula is C20H23N3O7S. The van der Waals surface area contributed by atoms with E-state index in [1.54, 1.807) is 33.2 Å². The van der Waals surface area contributed by atoms with E-state index in [0.29, 0.717) is 5.56 Å². The molecule has 0 heterocycles. The molecule has 11 heteroatoms. The van der Waals surface area contributed by atoms with Gasteiger partial charge in [-0.05, 0) is 37.6 Å². The van der Waals surface area contributed by atoms with Gasteiger partial charge in [0.1, 0.15) is 12.2 Å². The molecule has 0 aliphatic carbocycles. The predicted octanol–water partition coefficient (Wildman–Crippen LogP) is 1.98. The first-order valence-electron chi connectivity index (χ1n) is 9.14. The van der Waals surface area contributed by atoms with Crippen molar-refractivity contribution in [1.29, 1.82) is 0 Å². The van der Waals surface area contributed by atoms with E-state index >= 15 is 0 Å². The highest BCUT2D eigenvalue weighted by atomic mass is 32.2. The summed E-state index contributed by atoms with van der Waals surface area (Å²) in [7, 11) is -1.04. The van der Waals surface area contributed by atoms with Gasteiger partial charge in [-0.2, -0.15) is 4.72 Å². The van der Waals surface area contributed by atoms with E-state index in [9.17, 15) is 28.1 Å². The summed E-state index contributed by atoms with van der Waals surface area (Å²) in [6.07, 6.45) is 0. The number of hydrogen-bond donors (Lipinski definition) is 1. The van der Waals surface area contributed by atoms with Crippen LogP contribution in [0.25, 0.3) is 0 Å². The summed E-state index contributed by atoms with van der Waals surface area (Å²) in [4.78, 5) is 35.8.